The van der Waals surface area contributed by atoms with E-state index in [1.165, 1.54) is 13.0 Å². The van der Waals surface area contributed by atoms with Gasteiger partial charge in [-0.1, -0.05) is 41.2 Å². The molecule has 0 saturated heterocycles. The highest BCUT2D eigenvalue weighted by atomic mass is 16.1. The van der Waals surface area contributed by atoms with E-state index >= 15 is 0 Å². The molecule has 12 heavy (non-hydrogen) atoms. The Morgan fingerprint density at radius 1 is 1.08 bits per heavy atom. The Morgan fingerprint density at radius 3 is 1.33 bits per heavy atom. The van der Waals surface area contributed by atoms with E-state index in [-0.39, 0.29) is 21.6 Å². The lowest BCUT2D eigenvalue weighted by Crippen LogP contribution is -1.76. The lowest BCUT2D eigenvalue weighted by Gasteiger charge is -1.68. The number of allylic oxidation sites excluding steroid dienone is 2. The van der Waals surface area contributed by atoms with Crippen LogP contribution in [0.2, 0.25) is 0 Å². The predicted molar refractivity (Wildman–Crippen MR) is 60.7 cm³/mol. The fraction of sp³-hybridized carbons (Fsp3) is 0.700. The molecule has 0 atom stereocenters. The summed E-state index contributed by atoms with van der Waals surface area (Å²) in [6, 6.07) is 0. The molecular weight excluding hydrogens is 147 g/mol. The van der Waals surface area contributed by atoms with Crippen molar-refractivity contribution in [3.8, 4) is 0 Å². The monoisotopic (exact) mass is 171 g/mol. The van der Waals surface area contributed by atoms with Crippen molar-refractivity contribution < 1.29 is 4.79 Å². The molecule has 0 fully saturated rings. The smallest absolute Gasteiger partial charge is 0.152 e. The number of carbonyl (C=O) groups excluding carboxylic acids is 1. The summed E-state index contributed by atoms with van der Waals surface area (Å²) in [6.45, 7) is 11.3. The van der Waals surface area contributed by atoms with Gasteiger partial charge in [0.15, 0.2) is 5.78 Å². The highest BCUT2D eigenvalue weighted by Gasteiger charge is 1.73. The first-order valence-electron chi connectivity index (χ1n) is 3.90. The first kappa shape index (κ1) is 30.0. The van der Waals surface area contributed by atoms with Crippen LogP contribution in [0.3, 0.4) is 0 Å². The van der Waals surface area contributed by atoms with E-state index in [0.29, 0.717) is 0 Å². The zero-order valence-corrected chi connectivity index (χ0v) is 8.64. The number of hydrogen-bond donors (Lipinski definition) is 0. The average molecular weight is 171 g/mol. The molecule has 0 heterocycles. The van der Waals surface area contributed by atoms with Gasteiger partial charge in [0, 0.05) is 8.41 Å². The quantitative estimate of drug-likeness (QED) is 0.436. The van der Waals surface area contributed by atoms with Crippen LogP contribution in [-0.4, -0.2) is 14.2 Å². The zero-order chi connectivity index (χ0) is 8.99. The summed E-state index contributed by atoms with van der Waals surface area (Å²) in [7, 11) is 0. The van der Waals surface area contributed by atoms with Gasteiger partial charge in [0.05, 0.1) is 0 Å². The van der Waals surface area contributed by atoms with Gasteiger partial charge in [-0.3, -0.25) is 4.79 Å². The van der Waals surface area contributed by atoms with Crippen LogP contribution in [0.1, 0.15) is 49.0 Å². The van der Waals surface area contributed by atoms with E-state index in [9.17, 15) is 4.79 Å². The average Bonchev–Trinajstić information content (AvgIpc) is 1.96. The van der Waals surface area contributed by atoms with Crippen LogP contribution in [0.5, 0.6) is 0 Å². The maximum atomic E-state index is 9.96. The number of rotatable bonds is 1. The summed E-state index contributed by atoms with van der Waals surface area (Å²) >= 11 is 0. The van der Waals surface area contributed by atoms with Crippen LogP contribution < -0.4 is 0 Å². The summed E-state index contributed by atoms with van der Waals surface area (Å²) in [5, 5.41) is 0. The van der Waals surface area contributed by atoms with E-state index in [0.717, 1.165) is 0 Å². The lowest BCUT2D eigenvalue weighted by molar-refractivity contribution is -0.112. The largest absolute Gasteiger partial charge is 0.295 e. The maximum Gasteiger partial charge on any atom is 0.152 e. The van der Waals surface area contributed by atoms with E-state index in [4.69, 9.17) is 0 Å². The molecular formula is C10H24BO. The van der Waals surface area contributed by atoms with Gasteiger partial charge in [0.1, 0.15) is 0 Å². The Bertz CT molecular complexity index is 77.9. The molecule has 0 aliphatic heterocycles. The van der Waals surface area contributed by atoms with Crippen molar-refractivity contribution in [2.24, 2.45) is 0 Å². The second-order valence-electron chi connectivity index (χ2n) is 1.11. The maximum absolute atomic E-state index is 9.96. The highest BCUT2D eigenvalue weighted by molar-refractivity contribution is 5.87. The predicted octanol–water partition coefficient (Wildman–Crippen LogP) is 3.46. The van der Waals surface area contributed by atoms with Crippen molar-refractivity contribution in [1.29, 1.82) is 0 Å². The van der Waals surface area contributed by atoms with Crippen molar-refractivity contribution in [3.63, 3.8) is 0 Å². The second kappa shape index (κ2) is 47.0. The molecule has 0 aliphatic carbocycles. The molecule has 0 rings (SSSR count). The van der Waals surface area contributed by atoms with E-state index < -0.39 is 0 Å². The Balaban J connectivity index is -0.0000000241. The molecule has 0 amide bonds. The van der Waals surface area contributed by atoms with E-state index in [1.807, 2.05) is 34.6 Å². The van der Waals surface area contributed by atoms with Crippen LogP contribution in [-0.2, 0) is 4.79 Å². The van der Waals surface area contributed by atoms with Crippen molar-refractivity contribution >= 4 is 14.2 Å². The molecule has 0 bridgehead atoms. The van der Waals surface area contributed by atoms with Crippen LogP contribution in [0.4, 0.5) is 0 Å². The minimum atomic E-state index is 0. The zero-order valence-electron chi connectivity index (χ0n) is 8.64. The number of carbonyl (C=O) groups is 1. The van der Waals surface area contributed by atoms with E-state index in [2.05, 4.69) is 0 Å². The number of ketones is 1. The third-order valence-corrected chi connectivity index (χ3v) is 0.401. The van der Waals surface area contributed by atoms with Crippen molar-refractivity contribution in [3.05, 3.63) is 12.2 Å². The minimum absolute atomic E-state index is 0. The topological polar surface area (TPSA) is 17.1 Å². The van der Waals surface area contributed by atoms with Gasteiger partial charge in [-0.05, 0) is 19.9 Å². The third kappa shape index (κ3) is 111. The van der Waals surface area contributed by atoms with Crippen molar-refractivity contribution in [2.75, 3.05) is 0 Å². The highest BCUT2D eigenvalue weighted by Crippen LogP contribution is 1.69. The summed E-state index contributed by atoms with van der Waals surface area (Å²) in [4.78, 5) is 9.96. The molecule has 1 nitrogen and oxygen atoms in total. The molecule has 3 radical (unpaired) electrons. The molecule has 2 heteroatoms. The SMILES string of the molecule is C.C/C=C/C(C)=O.CC.CC.[B]. The molecule has 0 N–H and O–H groups in total. The van der Waals surface area contributed by atoms with Crippen LogP contribution in [0.25, 0.3) is 0 Å². The Kier molecular flexibility index (Phi) is 118. The molecule has 0 aromatic rings. The van der Waals surface area contributed by atoms with Gasteiger partial charge in [-0.2, -0.15) is 0 Å². The second-order valence-corrected chi connectivity index (χ2v) is 1.11. The van der Waals surface area contributed by atoms with Crippen molar-refractivity contribution in [1.82, 2.24) is 0 Å². The van der Waals surface area contributed by atoms with Crippen LogP contribution in [0, 0.1) is 0 Å². The fourth-order valence-corrected chi connectivity index (χ4v) is 0.235. The van der Waals surface area contributed by atoms with E-state index in [1.54, 1.807) is 6.08 Å². The summed E-state index contributed by atoms with van der Waals surface area (Å²) in [5.74, 6) is 0.109. The Labute approximate surface area is 80.8 Å². The van der Waals surface area contributed by atoms with Crippen molar-refractivity contribution in [2.45, 2.75) is 49.0 Å². The molecule has 0 aromatic heterocycles. The third-order valence-electron chi connectivity index (χ3n) is 0.401. The van der Waals surface area contributed by atoms with Gasteiger partial charge in [0.25, 0.3) is 0 Å². The number of hydrogen-bond acceptors (Lipinski definition) is 1. The molecule has 0 aliphatic rings. The van der Waals surface area contributed by atoms with Crippen LogP contribution >= 0.6 is 0 Å². The standard InChI is InChI=1S/C5H8O.2C2H6.CH4.B/c1-3-4-5(2)6;2*1-2;;/h3-4H,1-2H3;2*1-2H3;1H4;/b4-3+;;;;. The Morgan fingerprint density at radius 2 is 1.33 bits per heavy atom. The molecule has 73 valence electrons. The van der Waals surface area contributed by atoms with Gasteiger partial charge in [0.2, 0.25) is 0 Å². The fourth-order valence-electron chi connectivity index (χ4n) is 0.235. The van der Waals surface area contributed by atoms with Gasteiger partial charge in [-0.25, -0.2) is 0 Å². The van der Waals surface area contributed by atoms with Crippen LogP contribution in [0.15, 0.2) is 12.2 Å². The molecule has 0 aromatic carbocycles. The molecule has 0 spiro atoms. The minimum Gasteiger partial charge on any atom is -0.295 e. The van der Waals surface area contributed by atoms with Gasteiger partial charge >= 0.3 is 0 Å². The molecule has 0 unspecified atom stereocenters. The first-order chi connectivity index (χ1) is 4.77. The normalized spacial score (nSPS) is 5.83. The van der Waals surface area contributed by atoms with Gasteiger partial charge in [-0.15, -0.1) is 0 Å². The summed E-state index contributed by atoms with van der Waals surface area (Å²) in [5.41, 5.74) is 0. The first-order valence-corrected chi connectivity index (χ1v) is 3.90. The summed E-state index contributed by atoms with van der Waals surface area (Å²) in [6.07, 6.45) is 3.25. The lowest BCUT2D eigenvalue weighted by atomic mass is 10.4. The van der Waals surface area contributed by atoms with Gasteiger partial charge < -0.3 is 0 Å². The molecule has 0 saturated carbocycles. The summed E-state index contributed by atoms with van der Waals surface area (Å²) < 4.78 is 0. The Hall–Kier alpha value is -0.525.